The fourth-order valence-electron chi connectivity index (χ4n) is 1.88. The van der Waals surface area contributed by atoms with Crippen LogP contribution in [0.15, 0.2) is 16.8 Å². The molecule has 0 amide bonds. The molecule has 0 aliphatic heterocycles. The zero-order valence-electron chi connectivity index (χ0n) is 12.2. The number of hydrogen-bond acceptors (Lipinski definition) is 8. The Hall–Kier alpha value is -1.93. The Balaban J connectivity index is 2.06. The van der Waals surface area contributed by atoms with Crippen LogP contribution in [-0.2, 0) is 0 Å². The van der Waals surface area contributed by atoms with Gasteiger partial charge in [0.15, 0.2) is 0 Å². The number of nitrogens with two attached hydrogens (primary N) is 1. The average molecular weight is 308 g/mol. The molecule has 2 aromatic rings. The molecular weight excluding hydrogens is 288 g/mol. The number of aliphatic hydroxyl groups excluding tert-OH is 1. The molecule has 4 N–H and O–H groups in total. The Labute approximate surface area is 127 Å². The largest absolute Gasteiger partial charge is 0.387 e. The van der Waals surface area contributed by atoms with Crippen LogP contribution in [0.3, 0.4) is 0 Å². The molecule has 0 fully saturated rings. The Kier molecular flexibility index (Phi) is 5.29. The highest BCUT2D eigenvalue weighted by Crippen LogP contribution is 2.17. The van der Waals surface area contributed by atoms with Crippen molar-refractivity contribution in [1.29, 1.82) is 0 Å². The van der Waals surface area contributed by atoms with E-state index < -0.39 is 6.10 Å². The summed E-state index contributed by atoms with van der Waals surface area (Å²) in [6, 6.07) is 1.89. The number of hydrogen-bond donors (Lipinski definition) is 3. The minimum Gasteiger partial charge on any atom is -0.387 e. The van der Waals surface area contributed by atoms with Gasteiger partial charge in [0.1, 0.15) is 0 Å². The summed E-state index contributed by atoms with van der Waals surface area (Å²) in [4.78, 5) is 14.5. The van der Waals surface area contributed by atoms with Gasteiger partial charge in [-0.25, -0.2) is 0 Å². The van der Waals surface area contributed by atoms with Crippen molar-refractivity contribution in [2.75, 3.05) is 35.6 Å². The van der Waals surface area contributed by atoms with Crippen molar-refractivity contribution in [3.63, 3.8) is 0 Å². The normalized spacial score (nSPS) is 12.1. The Bertz CT molecular complexity index is 558. The van der Waals surface area contributed by atoms with Crippen LogP contribution in [0.1, 0.15) is 25.5 Å². The first kappa shape index (κ1) is 15.5. The number of thiophene rings is 1. The summed E-state index contributed by atoms with van der Waals surface area (Å²) in [6.07, 6.45) is -0.605. The van der Waals surface area contributed by atoms with Crippen LogP contribution in [0.5, 0.6) is 0 Å². The molecule has 2 rings (SSSR count). The standard InChI is InChI=1S/C13H20N6OS/c1-3-19(4-2)13-17-11(14)16-12(18-13)15-7-10(20)9-5-6-21-8-9/h5-6,8,10,20H,3-4,7H2,1-2H3,(H3,14,15,16,17,18). The Morgan fingerprint density at radius 3 is 2.71 bits per heavy atom. The monoisotopic (exact) mass is 308 g/mol. The summed E-state index contributed by atoms with van der Waals surface area (Å²) in [5.74, 6) is 1.08. The van der Waals surface area contributed by atoms with Gasteiger partial charge < -0.3 is 21.1 Å². The molecule has 0 bridgehead atoms. The molecular formula is C13H20N6OS. The van der Waals surface area contributed by atoms with Gasteiger partial charge in [-0.3, -0.25) is 0 Å². The van der Waals surface area contributed by atoms with E-state index in [1.807, 2.05) is 35.6 Å². The van der Waals surface area contributed by atoms with Gasteiger partial charge in [0.2, 0.25) is 17.8 Å². The first-order chi connectivity index (χ1) is 10.1. The number of aromatic nitrogens is 3. The van der Waals surface area contributed by atoms with Gasteiger partial charge in [0, 0.05) is 19.6 Å². The summed E-state index contributed by atoms with van der Waals surface area (Å²) in [5.41, 5.74) is 6.59. The summed E-state index contributed by atoms with van der Waals surface area (Å²) >= 11 is 1.55. The van der Waals surface area contributed by atoms with Crippen molar-refractivity contribution >= 4 is 29.2 Å². The van der Waals surface area contributed by atoms with E-state index in [2.05, 4.69) is 20.3 Å². The summed E-state index contributed by atoms with van der Waals surface area (Å²) in [7, 11) is 0. The smallest absolute Gasteiger partial charge is 0.231 e. The lowest BCUT2D eigenvalue weighted by Gasteiger charge is -2.19. The van der Waals surface area contributed by atoms with Gasteiger partial charge in [-0.05, 0) is 36.2 Å². The van der Waals surface area contributed by atoms with Crippen LogP contribution in [-0.4, -0.2) is 39.7 Å². The van der Waals surface area contributed by atoms with Crippen LogP contribution in [0, 0.1) is 0 Å². The van der Waals surface area contributed by atoms with E-state index >= 15 is 0 Å². The molecule has 0 aliphatic carbocycles. The molecule has 7 nitrogen and oxygen atoms in total. The van der Waals surface area contributed by atoms with E-state index in [4.69, 9.17) is 5.73 Å². The molecule has 0 radical (unpaired) electrons. The van der Waals surface area contributed by atoms with Crippen molar-refractivity contribution in [3.8, 4) is 0 Å². The molecule has 0 saturated heterocycles. The zero-order chi connectivity index (χ0) is 15.2. The Morgan fingerprint density at radius 2 is 2.10 bits per heavy atom. The van der Waals surface area contributed by atoms with Crippen LogP contribution in [0.2, 0.25) is 0 Å². The van der Waals surface area contributed by atoms with Gasteiger partial charge >= 0.3 is 0 Å². The SMILES string of the molecule is CCN(CC)c1nc(N)nc(NCC(O)c2ccsc2)n1. The first-order valence-corrected chi connectivity index (χ1v) is 7.78. The second-order valence-corrected chi connectivity index (χ2v) is 5.22. The fraction of sp³-hybridized carbons (Fsp3) is 0.462. The first-order valence-electron chi connectivity index (χ1n) is 6.84. The van der Waals surface area contributed by atoms with E-state index in [1.54, 1.807) is 11.3 Å². The van der Waals surface area contributed by atoms with Crippen LogP contribution in [0.25, 0.3) is 0 Å². The zero-order valence-corrected chi connectivity index (χ0v) is 13.0. The molecule has 2 heterocycles. The van der Waals surface area contributed by atoms with Gasteiger partial charge in [0.05, 0.1) is 6.10 Å². The maximum atomic E-state index is 10.0. The Morgan fingerprint density at radius 1 is 1.33 bits per heavy atom. The minimum atomic E-state index is -0.605. The summed E-state index contributed by atoms with van der Waals surface area (Å²) in [5, 5.41) is 16.9. The number of nitrogens with zero attached hydrogens (tertiary/aromatic N) is 4. The van der Waals surface area contributed by atoms with E-state index in [0.29, 0.717) is 18.4 Å². The van der Waals surface area contributed by atoms with Crippen molar-refractivity contribution in [2.24, 2.45) is 0 Å². The fourth-order valence-corrected chi connectivity index (χ4v) is 2.59. The van der Waals surface area contributed by atoms with Gasteiger partial charge in [-0.1, -0.05) is 0 Å². The molecule has 0 spiro atoms. The molecule has 114 valence electrons. The van der Waals surface area contributed by atoms with Gasteiger partial charge in [-0.2, -0.15) is 26.3 Å². The lowest BCUT2D eigenvalue weighted by molar-refractivity contribution is 0.192. The molecule has 21 heavy (non-hydrogen) atoms. The highest BCUT2D eigenvalue weighted by atomic mass is 32.1. The second kappa shape index (κ2) is 7.19. The summed E-state index contributed by atoms with van der Waals surface area (Å²) in [6.45, 7) is 5.94. The maximum Gasteiger partial charge on any atom is 0.231 e. The number of nitrogens with one attached hydrogen (secondary N) is 1. The summed E-state index contributed by atoms with van der Waals surface area (Å²) < 4.78 is 0. The van der Waals surface area contributed by atoms with E-state index in [0.717, 1.165) is 18.7 Å². The third-order valence-corrected chi connectivity index (χ3v) is 3.77. The van der Waals surface area contributed by atoms with Crippen molar-refractivity contribution < 1.29 is 5.11 Å². The van der Waals surface area contributed by atoms with Crippen LogP contribution < -0.4 is 16.0 Å². The van der Waals surface area contributed by atoms with Crippen LogP contribution >= 0.6 is 11.3 Å². The van der Waals surface area contributed by atoms with Crippen molar-refractivity contribution in [2.45, 2.75) is 20.0 Å². The predicted molar refractivity (Wildman–Crippen MR) is 85.6 cm³/mol. The van der Waals surface area contributed by atoms with Crippen molar-refractivity contribution in [1.82, 2.24) is 15.0 Å². The van der Waals surface area contributed by atoms with E-state index in [-0.39, 0.29) is 5.95 Å². The lowest BCUT2D eigenvalue weighted by atomic mass is 10.2. The number of nitrogen functional groups attached to an aromatic ring is 1. The third-order valence-electron chi connectivity index (χ3n) is 3.07. The number of anilines is 3. The average Bonchev–Trinajstić information content (AvgIpc) is 3.00. The molecule has 0 saturated carbocycles. The number of aliphatic hydroxyl groups is 1. The molecule has 2 aromatic heterocycles. The topological polar surface area (TPSA) is 100 Å². The van der Waals surface area contributed by atoms with Crippen LogP contribution in [0.4, 0.5) is 17.8 Å². The molecule has 0 aliphatic rings. The van der Waals surface area contributed by atoms with E-state index in [9.17, 15) is 5.11 Å². The molecule has 8 heteroatoms. The second-order valence-electron chi connectivity index (χ2n) is 4.44. The quantitative estimate of drug-likeness (QED) is 0.712. The number of rotatable bonds is 7. The lowest BCUT2D eigenvalue weighted by Crippen LogP contribution is -2.25. The minimum absolute atomic E-state index is 0.166. The highest BCUT2D eigenvalue weighted by molar-refractivity contribution is 7.07. The molecule has 1 unspecified atom stereocenters. The third kappa shape index (κ3) is 4.02. The predicted octanol–water partition coefficient (Wildman–Crippen LogP) is 1.51. The van der Waals surface area contributed by atoms with Gasteiger partial charge in [0.25, 0.3) is 0 Å². The molecule has 1 atom stereocenters. The highest BCUT2D eigenvalue weighted by Gasteiger charge is 2.12. The van der Waals surface area contributed by atoms with Gasteiger partial charge in [-0.15, -0.1) is 0 Å². The maximum absolute atomic E-state index is 10.0. The van der Waals surface area contributed by atoms with Crippen molar-refractivity contribution in [3.05, 3.63) is 22.4 Å². The van der Waals surface area contributed by atoms with E-state index in [1.165, 1.54) is 0 Å². The molecule has 0 aromatic carbocycles.